The Balaban J connectivity index is 0. The van der Waals surface area contributed by atoms with Crippen molar-refractivity contribution in [1.29, 1.82) is 0 Å². The van der Waals surface area contributed by atoms with Gasteiger partial charge in [0.2, 0.25) is 0 Å². The number of unbranched alkanes of at least 4 members (excludes halogenated alkanes) is 5. The first-order valence-corrected chi connectivity index (χ1v) is 3.91. The molecule has 0 bridgehead atoms. The first-order valence-electron chi connectivity index (χ1n) is 3.91. The molecule has 0 saturated carbocycles. The summed E-state index contributed by atoms with van der Waals surface area (Å²) in [5.74, 6) is 0. The average Bonchev–Trinajstić information content (AvgIpc) is 1.81. The molecule has 1 heteroatoms. The second-order valence-corrected chi connectivity index (χ2v) is 2.41. The van der Waals surface area contributed by atoms with Gasteiger partial charge in [0.1, 0.15) is 0 Å². The van der Waals surface area contributed by atoms with Crippen molar-refractivity contribution in [3.63, 3.8) is 0 Å². The Labute approximate surface area is 102 Å². The summed E-state index contributed by atoms with van der Waals surface area (Å²) in [6, 6.07) is 0. The van der Waals surface area contributed by atoms with Crippen LogP contribution in [0.2, 0.25) is 0 Å². The molecule has 1 radical (unpaired) electrons. The molecule has 9 heavy (non-hydrogen) atoms. The van der Waals surface area contributed by atoms with E-state index in [9.17, 15) is 0 Å². The molecule has 0 heterocycles. The van der Waals surface area contributed by atoms with E-state index in [0.29, 0.717) is 0 Å². The predicted molar refractivity (Wildman–Crippen MR) is 44.8 cm³/mol. The van der Waals surface area contributed by atoms with Crippen molar-refractivity contribution in [2.24, 2.45) is 0 Å². The van der Waals surface area contributed by atoms with Crippen LogP contribution in [-0.2, 0) is 0 Å². The van der Waals surface area contributed by atoms with Gasteiger partial charge in [0.05, 0.1) is 0 Å². The molecule has 51 valence electrons. The maximum atomic E-state index is 2.26. The minimum Gasteiger partial charge on any atom is -0.0654 e. The van der Waals surface area contributed by atoms with Crippen LogP contribution in [0, 0.1) is 0 Å². The Morgan fingerprint density at radius 3 is 1.22 bits per heavy atom. The Bertz CT molecular complexity index is 29.5. The molecule has 0 unspecified atom stereocenters. The van der Waals surface area contributed by atoms with Gasteiger partial charge in [0.25, 0.3) is 0 Å². The second kappa shape index (κ2) is 12.3. The standard InChI is InChI=1S/C8H18.K/c1-3-5-7-8-6-4-2;/h3-8H2,1-2H3;. The van der Waals surface area contributed by atoms with Crippen molar-refractivity contribution >= 4 is 51.4 Å². The largest absolute Gasteiger partial charge is 0.0654 e. The topological polar surface area (TPSA) is 0 Å². The number of hydrogen-bond acceptors (Lipinski definition) is 0. The van der Waals surface area contributed by atoms with E-state index >= 15 is 0 Å². The molecule has 0 nitrogen and oxygen atoms in total. The fourth-order valence-electron chi connectivity index (χ4n) is 0.854. The minimum absolute atomic E-state index is 0. The van der Waals surface area contributed by atoms with Crippen LogP contribution in [-0.4, -0.2) is 51.4 Å². The van der Waals surface area contributed by atoms with Crippen LogP contribution in [0.25, 0.3) is 0 Å². The summed E-state index contributed by atoms with van der Waals surface area (Å²) in [4.78, 5) is 0. The van der Waals surface area contributed by atoms with E-state index in [0.717, 1.165) is 0 Å². The van der Waals surface area contributed by atoms with Gasteiger partial charge in [0, 0.05) is 51.4 Å². The van der Waals surface area contributed by atoms with Gasteiger partial charge >= 0.3 is 0 Å². The molecule has 0 aromatic rings. The molecular formula is C8H18K. The second-order valence-electron chi connectivity index (χ2n) is 2.41. The van der Waals surface area contributed by atoms with Crippen LogP contribution in [0.3, 0.4) is 0 Å². The van der Waals surface area contributed by atoms with Crippen LogP contribution in [0.4, 0.5) is 0 Å². The van der Waals surface area contributed by atoms with E-state index in [1.54, 1.807) is 0 Å². The van der Waals surface area contributed by atoms with Crippen LogP contribution in [0.1, 0.15) is 52.4 Å². The molecule has 0 rings (SSSR count). The summed E-state index contributed by atoms with van der Waals surface area (Å²) in [5, 5.41) is 0. The SMILES string of the molecule is CCCCCCCC.[K]. The van der Waals surface area contributed by atoms with Gasteiger partial charge in [-0.05, 0) is 0 Å². The maximum absolute atomic E-state index is 2.26. The maximum Gasteiger partial charge on any atom is 0 e. The van der Waals surface area contributed by atoms with Crippen molar-refractivity contribution < 1.29 is 0 Å². The van der Waals surface area contributed by atoms with Crippen LogP contribution < -0.4 is 0 Å². The van der Waals surface area contributed by atoms with Crippen molar-refractivity contribution in [1.82, 2.24) is 0 Å². The van der Waals surface area contributed by atoms with E-state index in [-0.39, 0.29) is 51.4 Å². The fraction of sp³-hybridized carbons (Fsp3) is 1.00. The Morgan fingerprint density at radius 1 is 0.667 bits per heavy atom. The van der Waals surface area contributed by atoms with Crippen LogP contribution in [0.15, 0.2) is 0 Å². The Kier molecular flexibility index (Phi) is 18.1. The molecule has 0 spiro atoms. The molecule has 0 aliphatic heterocycles. The molecule has 0 aromatic heterocycles. The summed E-state index contributed by atoms with van der Waals surface area (Å²) in [6.07, 6.45) is 8.49. The molecule has 0 aliphatic carbocycles. The molecule has 0 atom stereocenters. The van der Waals surface area contributed by atoms with Crippen molar-refractivity contribution in [3.8, 4) is 0 Å². The third kappa shape index (κ3) is 12.8. The summed E-state index contributed by atoms with van der Waals surface area (Å²) in [7, 11) is 0. The zero-order chi connectivity index (χ0) is 6.24. The average molecular weight is 153 g/mol. The van der Waals surface area contributed by atoms with Crippen LogP contribution in [0.5, 0.6) is 0 Å². The van der Waals surface area contributed by atoms with E-state index < -0.39 is 0 Å². The summed E-state index contributed by atoms with van der Waals surface area (Å²) >= 11 is 0. The zero-order valence-electron chi connectivity index (χ0n) is 7.24. The Morgan fingerprint density at radius 2 is 1.00 bits per heavy atom. The van der Waals surface area contributed by atoms with Gasteiger partial charge in [-0.25, -0.2) is 0 Å². The van der Waals surface area contributed by atoms with Gasteiger partial charge in [-0.1, -0.05) is 52.4 Å². The van der Waals surface area contributed by atoms with Crippen molar-refractivity contribution in [3.05, 3.63) is 0 Å². The first kappa shape index (κ1) is 13.2. The molecule has 0 aromatic carbocycles. The molecular weight excluding hydrogens is 135 g/mol. The number of hydrogen-bond donors (Lipinski definition) is 0. The Hall–Kier alpha value is 1.64. The third-order valence-electron chi connectivity index (χ3n) is 1.46. The van der Waals surface area contributed by atoms with Crippen molar-refractivity contribution in [2.45, 2.75) is 52.4 Å². The molecule has 0 saturated heterocycles. The van der Waals surface area contributed by atoms with E-state index in [1.807, 2.05) is 0 Å². The number of rotatable bonds is 5. The molecule has 0 amide bonds. The molecule has 0 N–H and O–H groups in total. The minimum atomic E-state index is 0. The monoisotopic (exact) mass is 153 g/mol. The third-order valence-corrected chi connectivity index (χ3v) is 1.46. The van der Waals surface area contributed by atoms with Gasteiger partial charge in [-0.15, -0.1) is 0 Å². The van der Waals surface area contributed by atoms with Gasteiger partial charge in [-0.3, -0.25) is 0 Å². The smallest absolute Gasteiger partial charge is 0 e. The summed E-state index contributed by atoms with van der Waals surface area (Å²) in [6.45, 7) is 4.51. The zero-order valence-corrected chi connectivity index (χ0v) is 10.4. The fourth-order valence-corrected chi connectivity index (χ4v) is 0.854. The van der Waals surface area contributed by atoms with E-state index in [2.05, 4.69) is 13.8 Å². The van der Waals surface area contributed by atoms with E-state index in [1.165, 1.54) is 38.5 Å². The predicted octanol–water partition coefficient (Wildman–Crippen LogP) is 2.99. The van der Waals surface area contributed by atoms with Crippen molar-refractivity contribution in [2.75, 3.05) is 0 Å². The molecule has 0 aliphatic rings. The summed E-state index contributed by atoms with van der Waals surface area (Å²) < 4.78 is 0. The first-order chi connectivity index (χ1) is 3.91. The van der Waals surface area contributed by atoms with E-state index in [4.69, 9.17) is 0 Å². The normalized spacial score (nSPS) is 8.67. The van der Waals surface area contributed by atoms with Crippen LogP contribution >= 0.6 is 0 Å². The summed E-state index contributed by atoms with van der Waals surface area (Å²) in [5.41, 5.74) is 0. The van der Waals surface area contributed by atoms with Gasteiger partial charge < -0.3 is 0 Å². The van der Waals surface area contributed by atoms with Gasteiger partial charge in [-0.2, -0.15) is 0 Å². The van der Waals surface area contributed by atoms with Gasteiger partial charge in [0.15, 0.2) is 0 Å². The molecule has 0 fully saturated rings. The quantitative estimate of drug-likeness (QED) is 0.421.